The molecule has 0 saturated heterocycles. The van der Waals surface area contributed by atoms with E-state index in [4.69, 9.17) is 5.11 Å². The number of rotatable bonds is 3. The quantitative estimate of drug-likeness (QED) is 0.907. The molecule has 0 fully saturated rings. The van der Waals surface area contributed by atoms with Crippen LogP contribution in [0.5, 0.6) is 0 Å². The van der Waals surface area contributed by atoms with Gasteiger partial charge in [-0.2, -0.15) is 5.10 Å². The lowest BCUT2D eigenvalue weighted by molar-refractivity contribution is -0.138. The van der Waals surface area contributed by atoms with Gasteiger partial charge < -0.3 is 5.11 Å². The number of aliphatic carboxylic acids is 1. The third kappa shape index (κ3) is 1.99. The maximum atomic E-state index is 13.8. The van der Waals surface area contributed by atoms with E-state index in [1.165, 1.54) is 16.9 Å². The Labute approximate surface area is 104 Å². The van der Waals surface area contributed by atoms with E-state index in [9.17, 15) is 9.18 Å². The van der Waals surface area contributed by atoms with Gasteiger partial charge in [-0.05, 0) is 19.1 Å². The first-order valence-electron chi connectivity index (χ1n) is 5.52. The van der Waals surface area contributed by atoms with Crippen LogP contribution in [-0.2, 0) is 11.8 Å². The molecule has 0 saturated carbocycles. The molecule has 2 rings (SSSR count). The highest BCUT2D eigenvalue weighted by atomic mass is 19.1. The summed E-state index contributed by atoms with van der Waals surface area (Å²) in [7, 11) is 1.67. The molecule has 0 bridgehead atoms. The molecule has 5 heteroatoms. The monoisotopic (exact) mass is 248 g/mol. The molecule has 1 N–H and O–H groups in total. The van der Waals surface area contributed by atoms with Gasteiger partial charge in [-0.3, -0.25) is 9.48 Å². The Bertz CT molecular complexity index is 592. The van der Waals surface area contributed by atoms with Crippen LogP contribution in [0.1, 0.15) is 18.4 Å². The highest BCUT2D eigenvalue weighted by Gasteiger charge is 2.23. The van der Waals surface area contributed by atoms with Crippen molar-refractivity contribution in [2.45, 2.75) is 12.8 Å². The van der Waals surface area contributed by atoms with Gasteiger partial charge in [-0.15, -0.1) is 0 Å². The Hall–Kier alpha value is -2.17. The number of benzene rings is 1. The van der Waals surface area contributed by atoms with Gasteiger partial charge in [-0.1, -0.05) is 12.1 Å². The minimum atomic E-state index is -0.958. The normalized spacial score (nSPS) is 12.4. The maximum Gasteiger partial charge on any atom is 0.310 e. The largest absolute Gasteiger partial charge is 0.481 e. The topological polar surface area (TPSA) is 55.1 Å². The summed E-state index contributed by atoms with van der Waals surface area (Å²) in [5.41, 5.74) is 1.37. The third-order valence-electron chi connectivity index (χ3n) is 2.93. The second kappa shape index (κ2) is 4.60. The number of carbonyl (C=O) groups is 1. The minimum Gasteiger partial charge on any atom is -0.481 e. The van der Waals surface area contributed by atoms with Crippen LogP contribution >= 0.6 is 0 Å². The number of hydrogen-bond donors (Lipinski definition) is 1. The number of aryl methyl sites for hydroxylation is 1. The van der Waals surface area contributed by atoms with Crippen molar-refractivity contribution in [2.24, 2.45) is 7.05 Å². The van der Waals surface area contributed by atoms with Gasteiger partial charge in [0.2, 0.25) is 0 Å². The molecule has 0 amide bonds. The Balaban J connectivity index is 2.61. The van der Waals surface area contributed by atoms with E-state index < -0.39 is 11.9 Å². The van der Waals surface area contributed by atoms with Crippen molar-refractivity contribution in [2.75, 3.05) is 0 Å². The third-order valence-corrected chi connectivity index (χ3v) is 2.93. The van der Waals surface area contributed by atoms with Crippen molar-refractivity contribution in [3.8, 4) is 11.3 Å². The number of aromatic nitrogens is 2. The molecule has 1 aromatic carbocycles. The predicted molar refractivity (Wildman–Crippen MR) is 64.7 cm³/mol. The fourth-order valence-corrected chi connectivity index (χ4v) is 1.89. The first-order chi connectivity index (χ1) is 8.52. The number of nitrogens with zero attached hydrogens (tertiary/aromatic N) is 2. The van der Waals surface area contributed by atoms with Crippen molar-refractivity contribution in [3.05, 3.63) is 41.8 Å². The Morgan fingerprint density at radius 2 is 2.11 bits per heavy atom. The van der Waals surface area contributed by atoms with E-state index in [1.807, 2.05) is 0 Å². The Morgan fingerprint density at radius 1 is 1.44 bits per heavy atom. The van der Waals surface area contributed by atoms with Crippen molar-refractivity contribution in [1.82, 2.24) is 9.78 Å². The lowest BCUT2D eigenvalue weighted by Crippen LogP contribution is -2.09. The van der Waals surface area contributed by atoms with Gasteiger partial charge >= 0.3 is 5.97 Å². The Morgan fingerprint density at radius 3 is 2.72 bits per heavy atom. The van der Waals surface area contributed by atoms with Crippen LogP contribution in [0.4, 0.5) is 4.39 Å². The van der Waals surface area contributed by atoms with Crippen LogP contribution in [0.2, 0.25) is 0 Å². The molecule has 1 aromatic heterocycles. The molecular weight excluding hydrogens is 235 g/mol. The fraction of sp³-hybridized carbons (Fsp3) is 0.231. The highest BCUT2D eigenvalue weighted by Crippen LogP contribution is 2.30. The summed E-state index contributed by atoms with van der Waals surface area (Å²) in [5, 5.41) is 13.1. The number of carboxylic acids is 1. The Kier molecular flexibility index (Phi) is 3.14. The van der Waals surface area contributed by atoms with Gasteiger partial charge in [0, 0.05) is 18.2 Å². The number of halogens is 1. The van der Waals surface area contributed by atoms with E-state index in [1.54, 1.807) is 32.2 Å². The predicted octanol–water partition coefficient (Wildman–Crippen LogP) is 2.41. The molecule has 4 nitrogen and oxygen atoms in total. The molecule has 1 heterocycles. The van der Waals surface area contributed by atoms with Gasteiger partial charge in [0.05, 0.1) is 17.8 Å². The van der Waals surface area contributed by atoms with Crippen LogP contribution in [0.25, 0.3) is 11.3 Å². The van der Waals surface area contributed by atoms with Crippen LogP contribution in [0, 0.1) is 5.82 Å². The summed E-state index contributed by atoms with van der Waals surface area (Å²) in [4.78, 5) is 11.0. The molecule has 1 atom stereocenters. The zero-order chi connectivity index (χ0) is 13.3. The summed E-state index contributed by atoms with van der Waals surface area (Å²) >= 11 is 0. The molecule has 0 spiro atoms. The van der Waals surface area contributed by atoms with E-state index in [0.717, 1.165) is 0 Å². The zero-order valence-corrected chi connectivity index (χ0v) is 10.1. The maximum absolute atomic E-state index is 13.8. The minimum absolute atomic E-state index is 0.362. The second-order valence-electron chi connectivity index (χ2n) is 4.11. The molecule has 0 aliphatic heterocycles. The molecule has 0 aliphatic rings. The number of hydrogen-bond acceptors (Lipinski definition) is 2. The number of carboxylic acid groups (broad SMARTS) is 1. The van der Waals surface area contributed by atoms with Crippen molar-refractivity contribution < 1.29 is 14.3 Å². The molecule has 18 heavy (non-hydrogen) atoms. The van der Waals surface area contributed by atoms with E-state index in [2.05, 4.69) is 5.10 Å². The standard InChI is InChI=1S/C13H13FN2O2/c1-8(13(17)18)10-7-15-16(2)12(10)9-5-3-4-6-11(9)14/h3-8H,1-2H3,(H,17,18). The van der Waals surface area contributed by atoms with Crippen LogP contribution in [0.3, 0.4) is 0 Å². The lowest BCUT2D eigenvalue weighted by Gasteiger charge is -2.10. The van der Waals surface area contributed by atoms with Gasteiger partial charge in [-0.25, -0.2) is 4.39 Å². The summed E-state index contributed by atoms with van der Waals surface area (Å²) in [6.45, 7) is 1.56. The van der Waals surface area contributed by atoms with Gasteiger partial charge in [0.15, 0.2) is 0 Å². The molecular formula is C13H13FN2O2. The first kappa shape index (κ1) is 12.3. The average molecular weight is 248 g/mol. The summed E-state index contributed by atoms with van der Waals surface area (Å²) in [5.74, 6) is -2.08. The van der Waals surface area contributed by atoms with Crippen molar-refractivity contribution in [1.29, 1.82) is 0 Å². The summed E-state index contributed by atoms with van der Waals surface area (Å²) in [6.07, 6.45) is 1.47. The van der Waals surface area contributed by atoms with E-state index >= 15 is 0 Å². The van der Waals surface area contributed by atoms with Crippen LogP contribution in [-0.4, -0.2) is 20.9 Å². The molecule has 0 radical (unpaired) electrons. The van der Waals surface area contributed by atoms with Crippen LogP contribution < -0.4 is 0 Å². The first-order valence-corrected chi connectivity index (χ1v) is 5.52. The summed E-state index contributed by atoms with van der Waals surface area (Å²) < 4.78 is 15.3. The van der Waals surface area contributed by atoms with Crippen LogP contribution in [0.15, 0.2) is 30.5 Å². The highest BCUT2D eigenvalue weighted by molar-refractivity contribution is 5.79. The lowest BCUT2D eigenvalue weighted by atomic mass is 9.98. The smallest absolute Gasteiger partial charge is 0.310 e. The molecule has 94 valence electrons. The SMILES string of the molecule is CC(C(=O)O)c1cnn(C)c1-c1ccccc1F. The fourth-order valence-electron chi connectivity index (χ4n) is 1.89. The molecule has 1 unspecified atom stereocenters. The molecule has 2 aromatic rings. The summed E-state index contributed by atoms with van der Waals surface area (Å²) in [6, 6.07) is 6.26. The van der Waals surface area contributed by atoms with Gasteiger partial charge in [0.25, 0.3) is 0 Å². The molecule has 0 aliphatic carbocycles. The average Bonchev–Trinajstić information content (AvgIpc) is 2.71. The van der Waals surface area contributed by atoms with Crippen molar-refractivity contribution in [3.63, 3.8) is 0 Å². The van der Waals surface area contributed by atoms with E-state index in [0.29, 0.717) is 16.8 Å². The second-order valence-corrected chi connectivity index (χ2v) is 4.11. The van der Waals surface area contributed by atoms with Crippen molar-refractivity contribution >= 4 is 5.97 Å². The van der Waals surface area contributed by atoms with Gasteiger partial charge in [0.1, 0.15) is 5.82 Å². The zero-order valence-electron chi connectivity index (χ0n) is 10.1. The van der Waals surface area contributed by atoms with E-state index in [-0.39, 0.29) is 5.82 Å².